The maximum Gasteiger partial charge on any atom is 0.223 e. The molecular weight excluding hydrogens is 248 g/mol. The predicted octanol–water partition coefficient (Wildman–Crippen LogP) is 2.67. The molecule has 3 nitrogen and oxygen atoms in total. The average Bonchev–Trinajstić information content (AvgIpc) is 3.18. The van der Waals surface area contributed by atoms with Crippen LogP contribution in [0, 0.1) is 11.3 Å². The van der Waals surface area contributed by atoms with E-state index in [4.69, 9.17) is 5.73 Å². The first-order valence-electron chi connectivity index (χ1n) is 7.49. The molecule has 2 rings (SSSR count). The lowest BCUT2D eigenvalue weighted by Gasteiger charge is -2.31. The Kier molecular flexibility index (Phi) is 4.48. The van der Waals surface area contributed by atoms with Gasteiger partial charge in [0.1, 0.15) is 0 Å². The van der Waals surface area contributed by atoms with Gasteiger partial charge in [-0.05, 0) is 36.3 Å². The fourth-order valence-electron chi connectivity index (χ4n) is 2.72. The van der Waals surface area contributed by atoms with Crippen molar-refractivity contribution >= 4 is 5.91 Å². The summed E-state index contributed by atoms with van der Waals surface area (Å²) in [5, 5.41) is 3.20. The number of nitrogens with two attached hydrogens (primary N) is 1. The Morgan fingerprint density at radius 1 is 1.35 bits per heavy atom. The van der Waals surface area contributed by atoms with Crippen LogP contribution in [0.2, 0.25) is 0 Å². The van der Waals surface area contributed by atoms with Crippen LogP contribution in [0.3, 0.4) is 0 Å². The summed E-state index contributed by atoms with van der Waals surface area (Å²) in [5.41, 5.74) is 6.99. The Morgan fingerprint density at radius 2 is 2.00 bits per heavy atom. The fraction of sp³-hybridized carbons (Fsp3) is 0.588. The number of carbonyl (C=O) groups is 1. The minimum absolute atomic E-state index is 0.0478. The molecule has 0 aromatic heterocycles. The molecule has 1 fully saturated rings. The zero-order chi connectivity index (χ0) is 14.8. The molecule has 3 N–H and O–H groups in total. The number of carbonyl (C=O) groups excluding carboxylic acids is 1. The van der Waals surface area contributed by atoms with E-state index < -0.39 is 0 Å². The van der Waals surface area contributed by atoms with Crippen LogP contribution in [0.4, 0.5) is 0 Å². The smallest absolute Gasteiger partial charge is 0.223 e. The molecule has 1 aromatic carbocycles. The van der Waals surface area contributed by atoms with Crippen LogP contribution in [0.15, 0.2) is 30.3 Å². The van der Waals surface area contributed by atoms with E-state index in [9.17, 15) is 4.79 Å². The minimum Gasteiger partial charge on any atom is -0.353 e. The van der Waals surface area contributed by atoms with Crippen molar-refractivity contribution in [2.75, 3.05) is 6.54 Å². The molecule has 1 aliphatic rings. The largest absolute Gasteiger partial charge is 0.353 e. The summed E-state index contributed by atoms with van der Waals surface area (Å²) in [4.78, 5) is 12.4. The highest BCUT2D eigenvalue weighted by Gasteiger charge is 2.44. The standard InChI is InChI=1S/C17H26N2O/c1-17(2,3)15(9-10-18)19-16(20)14-11-13(14)12-7-5-4-6-8-12/h4-8,13-15H,9-11,18H2,1-3H3,(H,19,20). The van der Waals surface area contributed by atoms with Gasteiger partial charge in [-0.2, -0.15) is 0 Å². The molecule has 0 spiro atoms. The van der Waals surface area contributed by atoms with E-state index in [1.165, 1.54) is 5.56 Å². The minimum atomic E-state index is 0.0478. The lowest BCUT2D eigenvalue weighted by molar-refractivity contribution is -0.123. The van der Waals surface area contributed by atoms with E-state index in [2.05, 4.69) is 38.2 Å². The molecule has 1 amide bonds. The Morgan fingerprint density at radius 3 is 2.55 bits per heavy atom. The number of hydrogen-bond donors (Lipinski definition) is 2. The average molecular weight is 274 g/mol. The number of amides is 1. The fourth-order valence-corrected chi connectivity index (χ4v) is 2.72. The van der Waals surface area contributed by atoms with Crippen LogP contribution in [0.5, 0.6) is 0 Å². The summed E-state index contributed by atoms with van der Waals surface area (Å²) >= 11 is 0. The van der Waals surface area contributed by atoms with Gasteiger partial charge in [0.15, 0.2) is 0 Å². The molecule has 110 valence electrons. The summed E-state index contributed by atoms with van der Waals surface area (Å²) in [6.45, 7) is 7.05. The first-order valence-corrected chi connectivity index (χ1v) is 7.49. The summed E-state index contributed by atoms with van der Waals surface area (Å²) in [5.74, 6) is 0.724. The first kappa shape index (κ1) is 15.0. The number of benzene rings is 1. The Hall–Kier alpha value is -1.35. The van der Waals surface area contributed by atoms with Gasteiger partial charge in [-0.25, -0.2) is 0 Å². The normalized spacial score (nSPS) is 23.2. The molecule has 1 aromatic rings. The van der Waals surface area contributed by atoms with E-state index >= 15 is 0 Å². The molecule has 0 aliphatic heterocycles. The van der Waals surface area contributed by atoms with Crippen molar-refractivity contribution in [3.05, 3.63) is 35.9 Å². The van der Waals surface area contributed by atoms with Crippen LogP contribution in [-0.2, 0) is 4.79 Å². The number of rotatable bonds is 5. The van der Waals surface area contributed by atoms with Crippen LogP contribution in [0.25, 0.3) is 0 Å². The summed E-state index contributed by atoms with van der Waals surface area (Å²) in [7, 11) is 0. The highest BCUT2D eigenvalue weighted by molar-refractivity contribution is 5.83. The number of nitrogens with one attached hydrogen (secondary N) is 1. The lowest BCUT2D eigenvalue weighted by atomic mass is 9.84. The Labute approximate surface area is 121 Å². The van der Waals surface area contributed by atoms with Gasteiger partial charge in [-0.15, -0.1) is 0 Å². The molecular formula is C17H26N2O. The third-order valence-electron chi connectivity index (χ3n) is 4.17. The molecule has 0 radical (unpaired) electrons. The van der Waals surface area contributed by atoms with Crippen molar-refractivity contribution < 1.29 is 4.79 Å². The van der Waals surface area contributed by atoms with Gasteiger partial charge in [0.2, 0.25) is 5.91 Å². The zero-order valence-electron chi connectivity index (χ0n) is 12.7. The third-order valence-corrected chi connectivity index (χ3v) is 4.17. The van der Waals surface area contributed by atoms with Gasteiger partial charge in [-0.1, -0.05) is 51.1 Å². The molecule has 3 unspecified atom stereocenters. The van der Waals surface area contributed by atoms with E-state index in [1.807, 2.05) is 18.2 Å². The van der Waals surface area contributed by atoms with Gasteiger partial charge < -0.3 is 11.1 Å². The molecule has 3 heteroatoms. The molecule has 0 heterocycles. The Balaban J connectivity index is 1.93. The quantitative estimate of drug-likeness (QED) is 0.867. The molecule has 0 bridgehead atoms. The van der Waals surface area contributed by atoms with Crippen LogP contribution in [-0.4, -0.2) is 18.5 Å². The molecule has 1 saturated carbocycles. The van der Waals surface area contributed by atoms with Crippen LogP contribution < -0.4 is 11.1 Å². The van der Waals surface area contributed by atoms with Crippen molar-refractivity contribution in [2.24, 2.45) is 17.1 Å². The highest BCUT2D eigenvalue weighted by Crippen LogP contribution is 2.47. The van der Waals surface area contributed by atoms with E-state index in [1.54, 1.807) is 0 Å². The predicted molar refractivity (Wildman–Crippen MR) is 82.3 cm³/mol. The molecule has 20 heavy (non-hydrogen) atoms. The Bertz CT molecular complexity index is 450. The lowest BCUT2D eigenvalue weighted by Crippen LogP contribution is -2.45. The summed E-state index contributed by atoms with van der Waals surface area (Å²) in [6.07, 6.45) is 1.80. The van der Waals surface area contributed by atoms with Crippen molar-refractivity contribution in [3.63, 3.8) is 0 Å². The summed E-state index contributed by atoms with van der Waals surface area (Å²) < 4.78 is 0. The second-order valence-electron chi connectivity index (χ2n) is 6.86. The van der Waals surface area contributed by atoms with Crippen molar-refractivity contribution in [2.45, 2.75) is 45.6 Å². The van der Waals surface area contributed by atoms with Gasteiger partial charge in [0.05, 0.1) is 0 Å². The van der Waals surface area contributed by atoms with Gasteiger partial charge >= 0.3 is 0 Å². The third kappa shape index (κ3) is 3.60. The van der Waals surface area contributed by atoms with Gasteiger partial charge in [0, 0.05) is 12.0 Å². The summed E-state index contributed by atoms with van der Waals surface area (Å²) in [6, 6.07) is 10.5. The maximum absolute atomic E-state index is 12.4. The van der Waals surface area contributed by atoms with E-state index in [0.29, 0.717) is 12.5 Å². The number of hydrogen-bond acceptors (Lipinski definition) is 2. The first-order chi connectivity index (χ1) is 9.43. The molecule has 3 atom stereocenters. The van der Waals surface area contributed by atoms with Crippen molar-refractivity contribution in [1.29, 1.82) is 0 Å². The monoisotopic (exact) mass is 274 g/mol. The SMILES string of the molecule is CC(C)(C)C(CCN)NC(=O)C1CC1c1ccccc1. The maximum atomic E-state index is 12.4. The molecule has 1 aliphatic carbocycles. The van der Waals surface area contributed by atoms with E-state index in [0.717, 1.165) is 12.8 Å². The van der Waals surface area contributed by atoms with Crippen LogP contribution >= 0.6 is 0 Å². The second-order valence-corrected chi connectivity index (χ2v) is 6.86. The van der Waals surface area contributed by atoms with Gasteiger partial charge in [0.25, 0.3) is 0 Å². The van der Waals surface area contributed by atoms with Gasteiger partial charge in [-0.3, -0.25) is 4.79 Å². The zero-order valence-corrected chi connectivity index (χ0v) is 12.7. The van der Waals surface area contributed by atoms with Crippen LogP contribution in [0.1, 0.15) is 45.1 Å². The van der Waals surface area contributed by atoms with Crippen molar-refractivity contribution in [1.82, 2.24) is 5.32 Å². The molecule has 0 saturated heterocycles. The van der Waals surface area contributed by atoms with Crippen molar-refractivity contribution in [3.8, 4) is 0 Å². The highest BCUT2D eigenvalue weighted by atomic mass is 16.2. The topological polar surface area (TPSA) is 55.1 Å². The second kappa shape index (κ2) is 5.96. The van der Waals surface area contributed by atoms with E-state index in [-0.39, 0.29) is 23.3 Å².